The van der Waals surface area contributed by atoms with E-state index >= 15 is 0 Å². The second kappa shape index (κ2) is 10.2. The van der Waals surface area contributed by atoms with Crippen molar-refractivity contribution < 1.29 is 24.2 Å². The van der Waals surface area contributed by atoms with Crippen LogP contribution >= 0.6 is 11.8 Å². The Balaban J connectivity index is 2.20. The molecule has 0 bridgehead atoms. The maximum atomic E-state index is 11.8. The highest BCUT2D eigenvalue weighted by Crippen LogP contribution is 2.32. The van der Waals surface area contributed by atoms with E-state index in [1.807, 2.05) is 12.3 Å². The molecule has 0 aliphatic carbocycles. The molecule has 2 N–H and O–H groups in total. The Labute approximate surface area is 167 Å². The number of carboxylic acid groups (broad SMARTS) is 1. The minimum absolute atomic E-state index is 0.216. The van der Waals surface area contributed by atoms with Crippen LogP contribution in [0.5, 0.6) is 5.75 Å². The van der Waals surface area contributed by atoms with Gasteiger partial charge in [0, 0.05) is 10.6 Å². The van der Waals surface area contributed by atoms with Crippen LogP contribution in [0.4, 0.5) is 5.69 Å². The number of nitrogens with zero attached hydrogens (tertiary/aromatic N) is 1. The van der Waals surface area contributed by atoms with Crippen LogP contribution in [0.25, 0.3) is 0 Å². The van der Waals surface area contributed by atoms with Gasteiger partial charge in [0.1, 0.15) is 5.75 Å². The number of thioether (sulfide) groups is 1. The predicted octanol–water partition coefficient (Wildman–Crippen LogP) is 3.46. The summed E-state index contributed by atoms with van der Waals surface area (Å²) in [6, 6.07) is 12.5. The van der Waals surface area contributed by atoms with E-state index in [0.717, 1.165) is 0 Å². The second-order valence-corrected chi connectivity index (χ2v) is 6.46. The standard InChI is InChI=1S/C20H20N2O5S/c1-3-26-18(23)12-27-16-9-6-14(10-17(16)28-2)19(20(24)25)22-15-7-4-13(11-21)5-8-15/h4-10,19,22H,3,12H2,1-2H3,(H,24,25). The minimum atomic E-state index is -1.04. The van der Waals surface area contributed by atoms with E-state index in [1.165, 1.54) is 11.8 Å². The summed E-state index contributed by atoms with van der Waals surface area (Å²) in [5.74, 6) is -1.03. The maximum Gasteiger partial charge on any atom is 0.344 e. The Morgan fingerprint density at radius 2 is 1.96 bits per heavy atom. The fourth-order valence-electron chi connectivity index (χ4n) is 2.42. The van der Waals surface area contributed by atoms with Crippen LogP contribution in [-0.4, -0.2) is 36.5 Å². The molecule has 0 saturated heterocycles. The van der Waals surface area contributed by atoms with Gasteiger partial charge in [-0.25, -0.2) is 9.59 Å². The first-order valence-corrected chi connectivity index (χ1v) is 9.66. The summed E-state index contributed by atoms with van der Waals surface area (Å²) in [4.78, 5) is 24.0. The molecule has 1 unspecified atom stereocenters. The van der Waals surface area contributed by atoms with E-state index < -0.39 is 18.0 Å². The van der Waals surface area contributed by atoms with Crippen molar-refractivity contribution in [2.45, 2.75) is 17.9 Å². The summed E-state index contributed by atoms with van der Waals surface area (Å²) >= 11 is 1.38. The van der Waals surface area contributed by atoms with Crippen molar-refractivity contribution in [3.63, 3.8) is 0 Å². The molecule has 0 aliphatic heterocycles. The highest BCUT2D eigenvalue weighted by molar-refractivity contribution is 7.98. The number of esters is 1. The average Bonchev–Trinajstić information content (AvgIpc) is 2.70. The summed E-state index contributed by atoms with van der Waals surface area (Å²) < 4.78 is 10.3. The van der Waals surface area contributed by atoms with Crippen molar-refractivity contribution in [3.05, 3.63) is 53.6 Å². The normalized spacial score (nSPS) is 11.2. The van der Waals surface area contributed by atoms with Gasteiger partial charge in [-0.1, -0.05) is 6.07 Å². The van der Waals surface area contributed by atoms with E-state index in [2.05, 4.69) is 5.32 Å². The molecule has 0 aliphatic rings. The van der Waals surface area contributed by atoms with Crippen LogP contribution in [0.15, 0.2) is 47.4 Å². The van der Waals surface area contributed by atoms with Crippen molar-refractivity contribution >= 4 is 29.4 Å². The molecule has 0 aromatic heterocycles. The topological polar surface area (TPSA) is 109 Å². The lowest BCUT2D eigenvalue weighted by Crippen LogP contribution is -2.20. The monoisotopic (exact) mass is 400 g/mol. The summed E-state index contributed by atoms with van der Waals surface area (Å²) in [6.45, 7) is 1.78. The number of benzene rings is 2. The maximum absolute atomic E-state index is 11.8. The molecular weight excluding hydrogens is 380 g/mol. The van der Waals surface area contributed by atoms with Gasteiger partial charge in [0.05, 0.1) is 18.2 Å². The first-order chi connectivity index (χ1) is 13.5. The average molecular weight is 400 g/mol. The Bertz CT molecular complexity index is 877. The first-order valence-electron chi connectivity index (χ1n) is 8.44. The number of hydrogen-bond donors (Lipinski definition) is 2. The summed E-state index contributed by atoms with van der Waals surface area (Å²) in [5.41, 5.74) is 1.61. The first kappa shape index (κ1) is 21.1. The Kier molecular flexibility index (Phi) is 7.72. The van der Waals surface area contributed by atoms with E-state index in [4.69, 9.17) is 14.7 Å². The minimum Gasteiger partial charge on any atom is -0.481 e. The Hall–Kier alpha value is -3.18. The molecule has 1 atom stereocenters. The van der Waals surface area contributed by atoms with E-state index in [-0.39, 0.29) is 13.2 Å². The smallest absolute Gasteiger partial charge is 0.344 e. The van der Waals surface area contributed by atoms with Gasteiger partial charge in [-0.05, 0) is 55.1 Å². The summed E-state index contributed by atoms with van der Waals surface area (Å²) in [5, 5.41) is 21.5. The molecule has 28 heavy (non-hydrogen) atoms. The van der Waals surface area contributed by atoms with Crippen LogP contribution in [0.3, 0.4) is 0 Å². The molecule has 146 valence electrons. The number of hydrogen-bond acceptors (Lipinski definition) is 7. The van der Waals surface area contributed by atoms with Gasteiger partial charge in [-0.2, -0.15) is 5.26 Å². The SMILES string of the molecule is CCOC(=O)COc1ccc(C(Nc2ccc(C#N)cc2)C(=O)O)cc1SC. The number of carboxylic acids is 1. The number of nitriles is 1. The van der Waals surface area contributed by atoms with Crippen LogP contribution in [0.2, 0.25) is 0 Å². The van der Waals surface area contributed by atoms with Crippen LogP contribution < -0.4 is 10.1 Å². The Morgan fingerprint density at radius 1 is 1.25 bits per heavy atom. The number of aliphatic carboxylic acids is 1. The van der Waals surface area contributed by atoms with Crippen molar-refractivity contribution in [2.24, 2.45) is 0 Å². The third-order valence-electron chi connectivity index (χ3n) is 3.74. The number of carbonyl (C=O) groups excluding carboxylic acids is 1. The quantitative estimate of drug-likeness (QED) is 0.487. The molecule has 0 spiro atoms. The van der Waals surface area contributed by atoms with Gasteiger partial charge in [-0.3, -0.25) is 0 Å². The lowest BCUT2D eigenvalue weighted by molar-refractivity contribution is -0.145. The summed E-state index contributed by atoms with van der Waals surface area (Å²) in [7, 11) is 0. The lowest BCUT2D eigenvalue weighted by atomic mass is 10.1. The van der Waals surface area contributed by atoms with Gasteiger partial charge in [0.2, 0.25) is 0 Å². The summed E-state index contributed by atoms with van der Waals surface area (Å²) in [6.07, 6.45) is 1.83. The molecule has 0 saturated carbocycles. The van der Waals surface area contributed by atoms with Crippen molar-refractivity contribution in [2.75, 3.05) is 24.8 Å². The highest BCUT2D eigenvalue weighted by Gasteiger charge is 2.21. The number of nitrogens with one attached hydrogen (secondary N) is 1. The largest absolute Gasteiger partial charge is 0.481 e. The third-order valence-corrected chi connectivity index (χ3v) is 4.50. The van der Waals surface area contributed by atoms with Gasteiger partial charge in [-0.15, -0.1) is 11.8 Å². The number of carbonyl (C=O) groups is 2. The van der Waals surface area contributed by atoms with Gasteiger partial charge in [0.25, 0.3) is 0 Å². The third kappa shape index (κ3) is 5.66. The number of rotatable bonds is 9. The molecule has 0 amide bonds. The van der Waals surface area contributed by atoms with E-state index in [1.54, 1.807) is 49.4 Å². The van der Waals surface area contributed by atoms with E-state index in [9.17, 15) is 14.7 Å². The molecule has 8 heteroatoms. The Morgan fingerprint density at radius 3 is 2.54 bits per heavy atom. The fourth-order valence-corrected chi connectivity index (χ4v) is 3.00. The molecule has 7 nitrogen and oxygen atoms in total. The zero-order valence-corrected chi connectivity index (χ0v) is 16.3. The molecular formula is C20H20N2O5S. The van der Waals surface area contributed by atoms with Gasteiger partial charge >= 0.3 is 11.9 Å². The van der Waals surface area contributed by atoms with Crippen LogP contribution in [0, 0.1) is 11.3 Å². The fraction of sp³-hybridized carbons (Fsp3) is 0.250. The highest BCUT2D eigenvalue weighted by atomic mass is 32.2. The van der Waals surface area contributed by atoms with Gasteiger partial charge < -0.3 is 19.9 Å². The van der Waals surface area contributed by atoms with Gasteiger partial charge in [0.15, 0.2) is 12.6 Å². The van der Waals surface area contributed by atoms with Crippen LogP contribution in [-0.2, 0) is 14.3 Å². The molecule has 0 heterocycles. The molecule has 0 radical (unpaired) electrons. The van der Waals surface area contributed by atoms with Crippen molar-refractivity contribution in [1.82, 2.24) is 0 Å². The molecule has 2 aromatic carbocycles. The predicted molar refractivity (Wildman–Crippen MR) is 106 cm³/mol. The zero-order chi connectivity index (χ0) is 20.5. The van der Waals surface area contributed by atoms with Crippen LogP contribution in [0.1, 0.15) is 24.1 Å². The molecule has 0 fully saturated rings. The second-order valence-electron chi connectivity index (χ2n) is 5.61. The zero-order valence-electron chi connectivity index (χ0n) is 15.5. The number of ether oxygens (including phenoxy) is 2. The molecule has 2 rings (SSSR count). The van der Waals surface area contributed by atoms with E-state index in [0.29, 0.717) is 27.5 Å². The lowest BCUT2D eigenvalue weighted by Gasteiger charge is -2.18. The molecule has 2 aromatic rings. The van der Waals surface area contributed by atoms with Crippen molar-refractivity contribution in [3.8, 4) is 11.8 Å². The number of anilines is 1. The van der Waals surface area contributed by atoms with Crippen molar-refractivity contribution in [1.29, 1.82) is 5.26 Å².